The minimum absolute atomic E-state index is 0.598. The Kier molecular flexibility index (Phi) is 8.30. The van der Waals surface area contributed by atoms with E-state index < -0.39 is 5.41 Å². The third-order valence-electron chi connectivity index (χ3n) is 14.9. The van der Waals surface area contributed by atoms with Gasteiger partial charge in [-0.05, 0) is 137 Å². The van der Waals surface area contributed by atoms with E-state index >= 15 is 0 Å². The van der Waals surface area contributed by atoms with Crippen molar-refractivity contribution in [3.8, 4) is 44.5 Å². The van der Waals surface area contributed by atoms with E-state index in [1.165, 1.54) is 131 Å². The van der Waals surface area contributed by atoms with Gasteiger partial charge in [-0.1, -0.05) is 249 Å². The van der Waals surface area contributed by atoms with Crippen molar-refractivity contribution in [1.29, 1.82) is 0 Å². The Morgan fingerprint density at radius 3 is 1.21 bits per heavy atom. The Morgan fingerprint density at radius 1 is 0.224 bits per heavy atom. The first-order valence-corrected chi connectivity index (χ1v) is 23.4. The molecule has 0 bridgehead atoms. The molecule has 13 aromatic carbocycles. The highest BCUT2D eigenvalue weighted by molar-refractivity contribution is 6.25. The smallest absolute Gasteiger partial charge is 0.0622 e. The molecule has 0 atom stereocenters. The van der Waals surface area contributed by atoms with Crippen molar-refractivity contribution in [3.63, 3.8) is 0 Å². The van der Waals surface area contributed by atoms with Crippen LogP contribution in [-0.2, 0) is 5.41 Å². The summed E-state index contributed by atoms with van der Waals surface area (Å²) in [5, 5.41) is 15.2. The molecule has 0 aromatic heterocycles. The standard InChI is InChI=1S/C67H42/c1-3-22-46(23-4-1)67(47-24-5-2-6-25-47)61-42-60(51-29-10-12-30-53(51)64(61)65-54-31-13-9-27-49(54)50-28-11-18-36-59(50)66(65)67)44-38-40-45(41-39-44)62-55-32-14-16-34-57(55)63(58-35-17-15-33-56(58)62)52-37-19-21-43-20-7-8-26-48(43)52/h1-42H. The molecule has 1 aliphatic rings. The van der Waals surface area contributed by atoms with Crippen molar-refractivity contribution < 1.29 is 0 Å². The number of hydrogen-bond acceptors (Lipinski definition) is 0. The molecule has 1 aliphatic carbocycles. The van der Waals surface area contributed by atoms with Crippen LogP contribution in [0, 0.1) is 0 Å². The Morgan fingerprint density at radius 2 is 0.627 bits per heavy atom. The van der Waals surface area contributed by atoms with Crippen molar-refractivity contribution in [1.82, 2.24) is 0 Å². The van der Waals surface area contributed by atoms with Gasteiger partial charge in [-0.25, -0.2) is 0 Å². The molecule has 0 fully saturated rings. The maximum absolute atomic E-state index is 2.56. The van der Waals surface area contributed by atoms with Gasteiger partial charge < -0.3 is 0 Å². The summed E-state index contributed by atoms with van der Waals surface area (Å²) in [6.07, 6.45) is 0. The fourth-order valence-corrected chi connectivity index (χ4v) is 12.2. The van der Waals surface area contributed by atoms with Crippen LogP contribution in [0.4, 0.5) is 0 Å². The quantitative estimate of drug-likeness (QED) is 0.120. The van der Waals surface area contributed by atoms with Gasteiger partial charge in [-0.15, -0.1) is 0 Å². The van der Waals surface area contributed by atoms with Crippen LogP contribution in [0.5, 0.6) is 0 Å². The van der Waals surface area contributed by atoms with Gasteiger partial charge in [0.05, 0.1) is 5.41 Å². The van der Waals surface area contributed by atoms with Gasteiger partial charge in [-0.2, -0.15) is 0 Å². The van der Waals surface area contributed by atoms with Crippen molar-refractivity contribution in [2.75, 3.05) is 0 Å². The maximum Gasteiger partial charge on any atom is 0.0720 e. The molecule has 0 saturated carbocycles. The van der Waals surface area contributed by atoms with Crippen LogP contribution in [-0.4, -0.2) is 0 Å². The minimum atomic E-state index is -0.598. The van der Waals surface area contributed by atoms with E-state index in [0.29, 0.717) is 0 Å². The van der Waals surface area contributed by atoms with Gasteiger partial charge in [0.25, 0.3) is 0 Å². The van der Waals surface area contributed by atoms with Gasteiger partial charge in [0.2, 0.25) is 0 Å². The molecule has 0 nitrogen and oxygen atoms in total. The summed E-state index contributed by atoms with van der Waals surface area (Å²) in [6, 6.07) is 95.3. The molecular weight excluding hydrogens is 805 g/mol. The van der Waals surface area contributed by atoms with Crippen molar-refractivity contribution in [3.05, 3.63) is 277 Å². The maximum atomic E-state index is 2.56. The average Bonchev–Trinajstić information content (AvgIpc) is 3.73. The van der Waals surface area contributed by atoms with Gasteiger partial charge in [-0.3, -0.25) is 0 Å². The van der Waals surface area contributed by atoms with Gasteiger partial charge in [0.15, 0.2) is 0 Å². The molecule has 0 N–H and O–H groups in total. The van der Waals surface area contributed by atoms with Crippen LogP contribution in [0.15, 0.2) is 255 Å². The summed E-state index contributed by atoms with van der Waals surface area (Å²) in [4.78, 5) is 0. The average molecular weight is 847 g/mol. The number of rotatable bonds is 5. The highest BCUT2D eigenvalue weighted by Gasteiger charge is 2.49. The molecular formula is C67H42. The monoisotopic (exact) mass is 846 g/mol. The first-order chi connectivity index (χ1) is 33.3. The zero-order valence-corrected chi connectivity index (χ0v) is 36.7. The SMILES string of the molecule is c1ccc(C2(c3ccccc3)c3cc(-c4ccc(-c5c6ccccc6c(-c6cccc7ccccc67)c6ccccc56)cc4)c4ccccc4c3-c3c2c2ccccc2c2ccccc32)cc1. The van der Waals surface area contributed by atoms with Gasteiger partial charge in [0.1, 0.15) is 0 Å². The fourth-order valence-electron chi connectivity index (χ4n) is 12.2. The molecule has 14 rings (SSSR count). The summed E-state index contributed by atoms with van der Waals surface area (Å²) in [6.45, 7) is 0. The van der Waals surface area contributed by atoms with E-state index in [1.54, 1.807) is 0 Å². The molecule has 0 saturated heterocycles. The molecule has 67 heavy (non-hydrogen) atoms. The zero-order chi connectivity index (χ0) is 44.1. The molecule has 0 heteroatoms. The molecule has 310 valence electrons. The summed E-state index contributed by atoms with van der Waals surface area (Å²) >= 11 is 0. The lowest BCUT2D eigenvalue weighted by Crippen LogP contribution is -2.29. The Hall–Kier alpha value is -8.58. The molecule has 0 spiro atoms. The third kappa shape index (κ3) is 5.36. The lowest BCUT2D eigenvalue weighted by Gasteiger charge is -2.35. The Bertz CT molecular complexity index is 4020. The number of benzene rings is 13. The molecule has 0 heterocycles. The second-order valence-corrected chi connectivity index (χ2v) is 18.2. The van der Waals surface area contributed by atoms with E-state index in [9.17, 15) is 0 Å². The van der Waals surface area contributed by atoms with E-state index in [0.717, 1.165) is 0 Å². The topological polar surface area (TPSA) is 0 Å². The van der Waals surface area contributed by atoms with E-state index in [1.807, 2.05) is 0 Å². The molecule has 13 aromatic rings. The molecule has 0 radical (unpaired) electrons. The first kappa shape index (κ1) is 37.8. The van der Waals surface area contributed by atoms with E-state index in [2.05, 4.69) is 255 Å². The first-order valence-electron chi connectivity index (χ1n) is 23.4. The second kappa shape index (κ2) is 14.7. The lowest BCUT2D eigenvalue weighted by atomic mass is 9.66. The van der Waals surface area contributed by atoms with E-state index in [-0.39, 0.29) is 0 Å². The summed E-state index contributed by atoms with van der Waals surface area (Å²) < 4.78 is 0. The van der Waals surface area contributed by atoms with Crippen LogP contribution in [0.2, 0.25) is 0 Å². The van der Waals surface area contributed by atoms with Crippen molar-refractivity contribution >= 4 is 64.6 Å². The van der Waals surface area contributed by atoms with Crippen LogP contribution in [0.25, 0.3) is 109 Å². The summed E-state index contributed by atoms with van der Waals surface area (Å²) in [7, 11) is 0. The van der Waals surface area contributed by atoms with Crippen molar-refractivity contribution in [2.45, 2.75) is 5.41 Å². The molecule has 0 aliphatic heterocycles. The van der Waals surface area contributed by atoms with Gasteiger partial charge >= 0.3 is 0 Å². The van der Waals surface area contributed by atoms with Crippen LogP contribution in [0.3, 0.4) is 0 Å². The highest BCUT2D eigenvalue weighted by atomic mass is 14.5. The fraction of sp³-hybridized carbons (Fsp3) is 0.0149. The molecule has 0 amide bonds. The van der Waals surface area contributed by atoms with E-state index in [4.69, 9.17) is 0 Å². The zero-order valence-electron chi connectivity index (χ0n) is 36.7. The predicted molar refractivity (Wildman–Crippen MR) is 285 cm³/mol. The van der Waals surface area contributed by atoms with Crippen molar-refractivity contribution in [2.24, 2.45) is 0 Å². The predicted octanol–water partition coefficient (Wildman–Crippen LogP) is 18.0. The molecule has 0 unspecified atom stereocenters. The second-order valence-electron chi connectivity index (χ2n) is 18.2. The number of hydrogen-bond donors (Lipinski definition) is 0. The third-order valence-corrected chi connectivity index (χ3v) is 14.9. The van der Waals surface area contributed by atoms with Crippen LogP contribution in [0.1, 0.15) is 22.3 Å². The summed E-state index contributed by atoms with van der Waals surface area (Å²) in [5.74, 6) is 0. The van der Waals surface area contributed by atoms with Gasteiger partial charge in [0, 0.05) is 0 Å². The highest BCUT2D eigenvalue weighted by Crippen LogP contribution is 2.62. The number of fused-ring (bicyclic) bond motifs is 13. The summed E-state index contributed by atoms with van der Waals surface area (Å²) in [5.41, 5.74) is 14.7. The minimum Gasteiger partial charge on any atom is -0.0622 e. The lowest BCUT2D eigenvalue weighted by molar-refractivity contribution is 0.777. The normalized spacial score (nSPS) is 12.9. The largest absolute Gasteiger partial charge is 0.0720 e. The van der Waals surface area contributed by atoms with Crippen LogP contribution >= 0.6 is 0 Å². The van der Waals surface area contributed by atoms with Crippen LogP contribution < -0.4 is 0 Å². The Balaban J connectivity index is 1.04. The Labute approximate surface area is 389 Å².